The fourth-order valence-electron chi connectivity index (χ4n) is 1.86. The number of unbranched alkanes of at least 4 members (excludes halogenated alkanes) is 7. The average Bonchev–Trinajstić information content (AvgIpc) is 2.43. The predicted octanol–water partition coefficient (Wildman–Crippen LogP) is 5.57. The quantitative estimate of drug-likeness (QED) is 0.262. The zero-order chi connectivity index (χ0) is 14.0. The standard InChI is InChI=1S/C18H32O/c1-2-3-4-5-6-7-8-9-10-11-12-13-14-15-16-17-18-19/h8-9,11-14,19H,2-7,10,15-18H2,1H3. The first-order valence-electron chi connectivity index (χ1n) is 7.99. The summed E-state index contributed by atoms with van der Waals surface area (Å²) in [6.45, 7) is 2.57. The first kappa shape index (κ1) is 18.2. The van der Waals surface area contributed by atoms with E-state index < -0.39 is 0 Å². The van der Waals surface area contributed by atoms with Gasteiger partial charge in [-0.05, 0) is 38.5 Å². The minimum atomic E-state index is 0.312. The molecule has 0 saturated heterocycles. The molecule has 0 aromatic carbocycles. The summed E-state index contributed by atoms with van der Waals surface area (Å²) in [5.74, 6) is 0. The van der Waals surface area contributed by atoms with Gasteiger partial charge in [0.1, 0.15) is 0 Å². The SMILES string of the molecule is CCCCCCCC=CCC=CC=CCCCCO. The third kappa shape index (κ3) is 17.2. The molecule has 19 heavy (non-hydrogen) atoms. The Kier molecular flexibility index (Phi) is 16.4. The maximum absolute atomic E-state index is 8.62. The van der Waals surface area contributed by atoms with Crippen LogP contribution in [0.15, 0.2) is 36.5 Å². The van der Waals surface area contributed by atoms with Crippen LogP contribution in [0.1, 0.15) is 71.1 Å². The molecule has 0 aliphatic heterocycles. The Morgan fingerprint density at radius 3 is 2.16 bits per heavy atom. The molecule has 0 aliphatic carbocycles. The summed E-state index contributed by atoms with van der Waals surface area (Å²) in [6.07, 6.45) is 25.3. The van der Waals surface area contributed by atoms with Gasteiger partial charge in [-0.15, -0.1) is 0 Å². The second-order valence-corrected chi connectivity index (χ2v) is 4.99. The molecule has 0 saturated carbocycles. The van der Waals surface area contributed by atoms with E-state index in [0.717, 1.165) is 25.7 Å². The Balaban J connectivity index is 3.27. The molecule has 0 amide bonds. The van der Waals surface area contributed by atoms with E-state index in [1.54, 1.807) is 0 Å². The van der Waals surface area contributed by atoms with Gasteiger partial charge in [0.05, 0.1) is 0 Å². The lowest BCUT2D eigenvalue weighted by Crippen LogP contribution is -1.79. The van der Waals surface area contributed by atoms with Crippen molar-refractivity contribution < 1.29 is 5.11 Å². The summed E-state index contributed by atoms with van der Waals surface area (Å²) < 4.78 is 0. The van der Waals surface area contributed by atoms with E-state index in [-0.39, 0.29) is 0 Å². The van der Waals surface area contributed by atoms with Crippen LogP contribution in [0, 0.1) is 0 Å². The number of hydrogen-bond acceptors (Lipinski definition) is 1. The molecule has 1 N–H and O–H groups in total. The molecule has 0 aliphatic rings. The lowest BCUT2D eigenvalue weighted by atomic mass is 10.1. The highest BCUT2D eigenvalue weighted by Gasteiger charge is 1.85. The van der Waals surface area contributed by atoms with Crippen molar-refractivity contribution in [2.24, 2.45) is 0 Å². The molecule has 0 aromatic heterocycles. The van der Waals surface area contributed by atoms with Gasteiger partial charge in [-0.2, -0.15) is 0 Å². The summed E-state index contributed by atoms with van der Waals surface area (Å²) in [4.78, 5) is 0. The van der Waals surface area contributed by atoms with Crippen LogP contribution in [0.4, 0.5) is 0 Å². The van der Waals surface area contributed by atoms with E-state index in [0.29, 0.717) is 6.61 Å². The van der Waals surface area contributed by atoms with Crippen molar-refractivity contribution in [1.29, 1.82) is 0 Å². The van der Waals surface area contributed by atoms with Gasteiger partial charge in [0.25, 0.3) is 0 Å². The number of hydrogen-bond donors (Lipinski definition) is 1. The van der Waals surface area contributed by atoms with E-state index in [1.165, 1.54) is 38.5 Å². The summed E-state index contributed by atoms with van der Waals surface area (Å²) in [5.41, 5.74) is 0. The van der Waals surface area contributed by atoms with Crippen LogP contribution < -0.4 is 0 Å². The van der Waals surface area contributed by atoms with E-state index in [2.05, 4.69) is 43.4 Å². The Morgan fingerprint density at radius 1 is 0.684 bits per heavy atom. The number of allylic oxidation sites excluding steroid dienone is 6. The van der Waals surface area contributed by atoms with Crippen LogP contribution in [0.5, 0.6) is 0 Å². The van der Waals surface area contributed by atoms with E-state index >= 15 is 0 Å². The fraction of sp³-hybridized carbons (Fsp3) is 0.667. The van der Waals surface area contributed by atoms with Gasteiger partial charge >= 0.3 is 0 Å². The van der Waals surface area contributed by atoms with Crippen molar-refractivity contribution in [3.8, 4) is 0 Å². The number of rotatable bonds is 13. The van der Waals surface area contributed by atoms with Gasteiger partial charge in [-0.3, -0.25) is 0 Å². The minimum Gasteiger partial charge on any atom is -0.396 e. The molecule has 0 heterocycles. The molecule has 0 bridgehead atoms. The Morgan fingerprint density at radius 2 is 1.37 bits per heavy atom. The van der Waals surface area contributed by atoms with E-state index in [1.807, 2.05) is 0 Å². The molecule has 0 aromatic rings. The van der Waals surface area contributed by atoms with Gasteiger partial charge in [-0.1, -0.05) is 69.1 Å². The topological polar surface area (TPSA) is 20.2 Å². The lowest BCUT2D eigenvalue weighted by Gasteiger charge is -1.95. The third-order valence-electron chi connectivity index (χ3n) is 3.08. The number of aliphatic hydroxyl groups excluding tert-OH is 1. The van der Waals surface area contributed by atoms with Crippen LogP contribution in [-0.2, 0) is 0 Å². The summed E-state index contributed by atoms with van der Waals surface area (Å²) in [6, 6.07) is 0. The predicted molar refractivity (Wildman–Crippen MR) is 86.3 cm³/mol. The monoisotopic (exact) mass is 264 g/mol. The highest BCUT2D eigenvalue weighted by Crippen LogP contribution is 2.05. The van der Waals surface area contributed by atoms with Crippen LogP contribution >= 0.6 is 0 Å². The van der Waals surface area contributed by atoms with Crippen LogP contribution in [0.3, 0.4) is 0 Å². The zero-order valence-electron chi connectivity index (χ0n) is 12.7. The Labute approximate surface area is 120 Å². The van der Waals surface area contributed by atoms with Crippen LogP contribution in [0.2, 0.25) is 0 Å². The smallest absolute Gasteiger partial charge is 0.0431 e. The van der Waals surface area contributed by atoms with Crippen LogP contribution in [0.25, 0.3) is 0 Å². The van der Waals surface area contributed by atoms with Gasteiger partial charge in [0.2, 0.25) is 0 Å². The van der Waals surface area contributed by atoms with Gasteiger partial charge in [-0.25, -0.2) is 0 Å². The van der Waals surface area contributed by atoms with Crippen molar-refractivity contribution in [2.45, 2.75) is 71.1 Å². The highest BCUT2D eigenvalue weighted by atomic mass is 16.2. The average molecular weight is 264 g/mol. The van der Waals surface area contributed by atoms with Crippen molar-refractivity contribution in [3.05, 3.63) is 36.5 Å². The van der Waals surface area contributed by atoms with Crippen molar-refractivity contribution >= 4 is 0 Å². The second-order valence-electron chi connectivity index (χ2n) is 4.99. The summed E-state index contributed by atoms with van der Waals surface area (Å²) in [7, 11) is 0. The highest BCUT2D eigenvalue weighted by molar-refractivity contribution is 5.04. The molecule has 0 fully saturated rings. The molecule has 0 spiro atoms. The molecule has 0 radical (unpaired) electrons. The molecule has 0 unspecified atom stereocenters. The first-order chi connectivity index (χ1) is 9.41. The Hall–Kier alpha value is -0.820. The second kappa shape index (κ2) is 17.2. The third-order valence-corrected chi connectivity index (χ3v) is 3.08. The Bertz CT molecular complexity index is 238. The van der Waals surface area contributed by atoms with Gasteiger partial charge < -0.3 is 5.11 Å². The molecule has 1 nitrogen and oxygen atoms in total. The lowest BCUT2D eigenvalue weighted by molar-refractivity contribution is 0.285. The molecule has 1 heteroatoms. The van der Waals surface area contributed by atoms with E-state index in [4.69, 9.17) is 5.11 Å². The van der Waals surface area contributed by atoms with Crippen molar-refractivity contribution in [2.75, 3.05) is 6.61 Å². The molecular formula is C18H32O. The first-order valence-corrected chi connectivity index (χ1v) is 7.99. The number of aliphatic hydroxyl groups is 1. The summed E-state index contributed by atoms with van der Waals surface area (Å²) >= 11 is 0. The van der Waals surface area contributed by atoms with Gasteiger partial charge in [0.15, 0.2) is 0 Å². The molecular weight excluding hydrogens is 232 g/mol. The van der Waals surface area contributed by atoms with Crippen molar-refractivity contribution in [3.63, 3.8) is 0 Å². The maximum Gasteiger partial charge on any atom is 0.0431 e. The molecule has 110 valence electrons. The van der Waals surface area contributed by atoms with E-state index in [9.17, 15) is 0 Å². The summed E-state index contributed by atoms with van der Waals surface area (Å²) in [5, 5.41) is 8.62. The molecule has 0 atom stereocenters. The zero-order valence-corrected chi connectivity index (χ0v) is 12.7. The normalized spacial score (nSPS) is 12.3. The minimum absolute atomic E-state index is 0.312. The largest absolute Gasteiger partial charge is 0.396 e. The maximum atomic E-state index is 8.62. The van der Waals surface area contributed by atoms with Crippen molar-refractivity contribution in [1.82, 2.24) is 0 Å². The molecule has 0 rings (SSSR count). The fourth-order valence-corrected chi connectivity index (χ4v) is 1.86. The van der Waals surface area contributed by atoms with Gasteiger partial charge in [0, 0.05) is 6.61 Å². The van der Waals surface area contributed by atoms with Crippen LogP contribution in [-0.4, -0.2) is 11.7 Å².